The molecule has 2 unspecified atom stereocenters. The molecule has 0 aliphatic heterocycles. The molecule has 0 saturated heterocycles. The summed E-state index contributed by atoms with van der Waals surface area (Å²) in [6, 6.07) is 5.04. The lowest BCUT2D eigenvalue weighted by Gasteiger charge is -2.30. The van der Waals surface area contributed by atoms with Crippen molar-refractivity contribution < 1.29 is 0 Å². The van der Waals surface area contributed by atoms with Gasteiger partial charge in [-0.05, 0) is 56.3 Å². The summed E-state index contributed by atoms with van der Waals surface area (Å²) in [6.45, 7) is 2.06. The second-order valence-electron chi connectivity index (χ2n) is 5.80. The zero-order chi connectivity index (χ0) is 14.1. The molecule has 0 aromatic carbocycles. The lowest BCUT2D eigenvalue weighted by Crippen LogP contribution is -2.36. The van der Waals surface area contributed by atoms with Crippen molar-refractivity contribution in [1.82, 2.24) is 15.1 Å². The Labute approximate surface area is 125 Å². The lowest BCUT2D eigenvalue weighted by atomic mass is 9.81. The molecule has 0 fully saturated rings. The Balaban J connectivity index is 1.83. The summed E-state index contributed by atoms with van der Waals surface area (Å²) in [6.07, 6.45) is 4.94. The van der Waals surface area contributed by atoms with Crippen molar-refractivity contribution in [2.75, 3.05) is 7.05 Å². The molecule has 1 aliphatic carbocycles. The minimum absolute atomic E-state index is 0.499. The average molecular weight is 289 g/mol. The van der Waals surface area contributed by atoms with Crippen LogP contribution in [0.15, 0.2) is 17.5 Å². The van der Waals surface area contributed by atoms with Crippen LogP contribution in [-0.4, -0.2) is 22.9 Å². The van der Waals surface area contributed by atoms with Crippen molar-refractivity contribution in [3.8, 4) is 0 Å². The van der Waals surface area contributed by atoms with E-state index in [9.17, 15) is 0 Å². The van der Waals surface area contributed by atoms with E-state index in [0.717, 1.165) is 12.1 Å². The Morgan fingerprint density at radius 1 is 1.55 bits per heavy atom. The number of aromatic nitrogens is 2. The summed E-state index contributed by atoms with van der Waals surface area (Å²) in [5.41, 5.74) is 4.01. The molecular formula is C16H23N3S. The zero-order valence-electron chi connectivity index (χ0n) is 12.5. The monoisotopic (exact) mass is 289 g/mol. The van der Waals surface area contributed by atoms with Crippen LogP contribution in [0.4, 0.5) is 0 Å². The van der Waals surface area contributed by atoms with Crippen molar-refractivity contribution in [3.05, 3.63) is 39.3 Å². The van der Waals surface area contributed by atoms with Gasteiger partial charge in [-0.3, -0.25) is 4.68 Å². The maximum Gasteiger partial charge on any atom is 0.0596 e. The Morgan fingerprint density at radius 2 is 2.40 bits per heavy atom. The molecule has 0 amide bonds. The number of hydrogen-bond donors (Lipinski definition) is 1. The van der Waals surface area contributed by atoms with Gasteiger partial charge in [0.1, 0.15) is 0 Å². The first kappa shape index (κ1) is 13.8. The van der Waals surface area contributed by atoms with Crippen LogP contribution in [0.2, 0.25) is 0 Å². The van der Waals surface area contributed by atoms with Crippen molar-refractivity contribution >= 4 is 11.3 Å². The molecule has 1 N–H and O–H groups in total. The largest absolute Gasteiger partial charge is 0.316 e. The first-order valence-electron chi connectivity index (χ1n) is 7.42. The Morgan fingerprint density at radius 3 is 3.10 bits per heavy atom. The second kappa shape index (κ2) is 5.70. The average Bonchev–Trinajstić information content (AvgIpc) is 3.02. The van der Waals surface area contributed by atoms with Gasteiger partial charge in [-0.1, -0.05) is 0 Å². The van der Waals surface area contributed by atoms with Crippen LogP contribution in [0, 0.1) is 6.92 Å². The van der Waals surface area contributed by atoms with Crippen LogP contribution in [0.3, 0.4) is 0 Å². The van der Waals surface area contributed by atoms with Crippen LogP contribution in [0.25, 0.3) is 0 Å². The quantitative estimate of drug-likeness (QED) is 0.937. The minimum atomic E-state index is 0.499. The zero-order valence-corrected chi connectivity index (χ0v) is 13.3. The highest BCUT2D eigenvalue weighted by Gasteiger charge is 2.28. The van der Waals surface area contributed by atoms with Gasteiger partial charge in [0.15, 0.2) is 0 Å². The molecule has 0 spiro atoms. The van der Waals surface area contributed by atoms with Crippen LogP contribution in [0.5, 0.6) is 0 Å². The molecule has 0 saturated carbocycles. The van der Waals surface area contributed by atoms with E-state index < -0.39 is 0 Å². The Kier molecular flexibility index (Phi) is 3.94. The Bertz CT molecular complexity index is 584. The molecule has 108 valence electrons. The molecule has 0 bridgehead atoms. The third-order valence-corrected chi connectivity index (χ3v) is 5.48. The summed E-state index contributed by atoms with van der Waals surface area (Å²) < 4.78 is 2.02. The van der Waals surface area contributed by atoms with Gasteiger partial charge in [-0.2, -0.15) is 5.10 Å². The molecular weight excluding hydrogens is 266 g/mol. The normalized spacial score (nSPS) is 19.9. The molecule has 20 heavy (non-hydrogen) atoms. The third-order valence-electron chi connectivity index (χ3n) is 4.48. The topological polar surface area (TPSA) is 29.9 Å². The fraction of sp³-hybridized carbons (Fsp3) is 0.562. The predicted molar refractivity (Wildman–Crippen MR) is 84.5 cm³/mol. The Hall–Kier alpha value is -1.13. The maximum atomic E-state index is 4.47. The number of fused-ring (bicyclic) bond motifs is 1. The van der Waals surface area contributed by atoms with Crippen LogP contribution >= 0.6 is 11.3 Å². The van der Waals surface area contributed by atoms with E-state index in [2.05, 4.69) is 41.9 Å². The number of aryl methyl sites for hydroxylation is 3. The van der Waals surface area contributed by atoms with E-state index >= 15 is 0 Å². The molecule has 0 radical (unpaired) electrons. The van der Waals surface area contributed by atoms with Gasteiger partial charge < -0.3 is 5.32 Å². The van der Waals surface area contributed by atoms with Gasteiger partial charge in [-0.15, -0.1) is 11.3 Å². The number of rotatable bonds is 4. The van der Waals surface area contributed by atoms with Gasteiger partial charge in [0.25, 0.3) is 0 Å². The van der Waals surface area contributed by atoms with Gasteiger partial charge in [0.05, 0.1) is 5.69 Å². The van der Waals surface area contributed by atoms with E-state index in [4.69, 9.17) is 0 Å². The molecule has 2 aromatic rings. The number of thiophene rings is 1. The van der Waals surface area contributed by atoms with E-state index in [0.29, 0.717) is 12.0 Å². The summed E-state index contributed by atoms with van der Waals surface area (Å²) in [5.74, 6) is 0.644. The molecule has 2 atom stereocenters. The molecule has 2 heterocycles. The summed E-state index contributed by atoms with van der Waals surface area (Å²) in [4.78, 5) is 1.60. The van der Waals surface area contributed by atoms with Crippen molar-refractivity contribution in [3.63, 3.8) is 0 Å². The summed E-state index contributed by atoms with van der Waals surface area (Å²) in [5, 5.41) is 10.3. The smallest absolute Gasteiger partial charge is 0.0596 e. The molecule has 3 nitrogen and oxygen atoms in total. The van der Waals surface area contributed by atoms with Gasteiger partial charge in [0, 0.05) is 36.0 Å². The van der Waals surface area contributed by atoms with Crippen LogP contribution in [0.1, 0.15) is 40.6 Å². The fourth-order valence-electron chi connectivity index (χ4n) is 3.47. The standard InChI is InChI=1S/C16H23N3S/c1-11-9-12(19(3)18-11)10-15(17-2)13-5-4-6-16-14(13)7-8-20-16/h7-9,13,15,17H,4-6,10H2,1-3H3. The SMILES string of the molecule is CNC(Cc1cc(C)nn1C)C1CCCc2sccc21. The van der Waals surface area contributed by atoms with E-state index in [1.54, 1.807) is 10.4 Å². The van der Waals surface area contributed by atoms with Crippen LogP contribution < -0.4 is 5.32 Å². The van der Waals surface area contributed by atoms with Gasteiger partial charge in [0.2, 0.25) is 0 Å². The van der Waals surface area contributed by atoms with Crippen molar-refractivity contribution in [1.29, 1.82) is 0 Å². The highest BCUT2D eigenvalue weighted by Crippen LogP contribution is 2.37. The van der Waals surface area contributed by atoms with Gasteiger partial charge in [-0.25, -0.2) is 0 Å². The fourth-order valence-corrected chi connectivity index (χ4v) is 4.46. The lowest BCUT2D eigenvalue weighted by molar-refractivity contribution is 0.406. The summed E-state index contributed by atoms with van der Waals surface area (Å²) in [7, 11) is 4.14. The molecule has 2 aromatic heterocycles. The van der Waals surface area contributed by atoms with Crippen molar-refractivity contribution in [2.24, 2.45) is 7.05 Å². The number of hydrogen-bond acceptors (Lipinski definition) is 3. The minimum Gasteiger partial charge on any atom is -0.316 e. The predicted octanol–water partition coefficient (Wildman–Crippen LogP) is 3.04. The first-order chi connectivity index (χ1) is 9.69. The molecule has 4 heteroatoms. The number of nitrogens with one attached hydrogen (secondary N) is 1. The van der Waals surface area contributed by atoms with Gasteiger partial charge >= 0.3 is 0 Å². The van der Waals surface area contributed by atoms with Crippen LogP contribution in [-0.2, 0) is 19.9 Å². The number of nitrogens with zero attached hydrogens (tertiary/aromatic N) is 2. The second-order valence-corrected chi connectivity index (χ2v) is 6.80. The highest BCUT2D eigenvalue weighted by molar-refractivity contribution is 7.10. The highest BCUT2D eigenvalue weighted by atomic mass is 32.1. The van der Waals surface area contributed by atoms with E-state index in [1.165, 1.54) is 25.0 Å². The van der Waals surface area contributed by atoms with Crippen molar-refractivity contribution in [2.45, 2.75) is 44.6 Å². The number of likely N-dealkylation sites (N-methyl/N-ethyl adjacent to an activating group) is 1. The first-order valence-corrected chi connectivity index (χ1v) is 8.30. The van der Waals surface area contributed by atoms with E-state index in [1.807, 2.05) is 23.1 Å². The molecule has 1 aliphatic rings. The maximum absolute atomic E-state index is 4.47. The molecule has 3 rings (SSSR count). The third kappa shape index (κ3) is 2.54. The summed E-state index contributed by atoms with van der Waals surface area (Å²) >= 11 is 1.93. The van der Waals surface area contributed by atoms with E-state index in [-0.39, 0.29) is 0 Å².